The minimum Gasteiger partial charge on any atom is -0.452 e. The summed E-state index contributed by atoms with van der Waals surface area (Å²) in [5.41, 5.74) is 1.05. The summed E-state index contributed by atoms with van der Waals surface area (Å²) in [5, 5.41) is 0. The summed E-state index contributed by atoms with van der Waals surface area (Å²) in [7, 11) is -0.587. The van der Waals surface area contributed by atoms with Crippen molar-refractivity contribution in [1.29, 1.82) is 0 Å². The molecule has 5 nitrogen and oxygen atoms in total. The molecular weight excluding hydrogens is 295 g/mol. The second-order valence-corrected chi connectivity index (χ2v) is 7.66. The van der Waals surface area contributed by atoms with Gasteiger partial charge in [0.25, 0.3) is 0 Å². The molecule has 0 aliphatic carbocycles. The average molecular weight is 318 g/mol. The third-order valence-electron chi connectivity index (χ3n) is 4.79. The summed E-state index contributed by atoms with van der Waals surface area (Å²) in [6.45, 7) is 13.3. The van der Waals surface area contributed by atoms with Gasteiger partial charge in [0.15, 0.2) is 0 Å². The lowest BCUT2D eigenvalue weighted by Gasteiger charge is -2.33. The highest BCUT2D eigenvalue weighted by molar-refractivity contribution is 6.63. The molecule has 1 fully saturated rings. The number of esters is 1. The number of aryl methyl sites for hydroxylation is 1. The maximum atomic E-state index is 12.4. The highest BCUT2D eigenvalue weighted by Gasteiger charge is 2.53. The van der Waals surface area contributed by atoms with Crippen LogP contribution in [0, 0.1) is 6.92 Å². The number of carbonyl (C=O) groups excluding carboxylic acids is 1. The fourth-order valence-electron chi connectivity index (χ4n) is 2.76. The van der Waals surface area contributed by atoms with Gasteiger partial charge in [-0.1, -0.05) is 12.1 Å². The van der Waals surface area contributed by atoms with Crippen molar-refractivity contribution in [2.45, 2.75) is 65.5 Å². The lowest BCUT2D eigenvalue weighted by atomic mass is 9.76. The first-order valence-electron chi connectivity index (χ1n) is 7.85. The average Bonchev–Trinajstić information content (AvgIpc) is 2.56. The number of benzene rings is 1. The monoisotopic (exact) mass is 318 g/mol. The van der Waals surface area contributed by atoms with Crippen molar-refractivity contribution in [1.82, 2.24) is 0 Å². The van der Waals surface area contributed by atoms with Gasteiger partial charge in [-0.15, -0.1) is 0 Å². The molecule has 6 heteroatoms. The molecule has 0 atom stereocenters. The van der Waals surface area contributed by atoms with Crippen molar-refractivity contribution in [2.75, 3.05) is 0 Å². The summed E-state index contributed by atoms with van der Waals surface area (Å²) in [6, 6.07) is 3.76. The van der Waals surface area contributed by atoms with Crippen LogP contribution in [0.2, 0.25) is 0 Å². The lowest BCUT2D eigenvalue weighted by Crippen LogP contribution is -2.45. The van der Waals surface area contributed by atoms with E-state index >= 15 is 0 Å². The smallest absolute Gasteiger partial charge is 0.452 e. The van der Waals surface area contributed by atoms with E-state index in [1.165, 1.54) is 0 Å². The molecular formula is C17H23BO5. The molecule has 0 spiro atoms. The van der Waals surface area contributed by atoms with Gasteiger partial charge in [0.1, 0.15) is 11.3 Å². The van der Waals surface area contributed by atoms with Crippen molar-refractivity contribution in [3.63, 3.8) is 0 Å². The third kappa shape index (κ3) is 2.54. The van der Waals surface area contributed by atoms with Crippen molar-refractivity contribution in [3.8, 4) is 5.75 Å². The summed E-state index contributed by atoms with van der Waals surface area (Å²) >= 11 is 0. The second-order valence-electron chi connectivity index (χ2n) is 7.66. The van der Waals surface area contributed by atoms with Crippen LogP contribution in [0.4, 0.5) is 0 Å². The molecule has 0 aromatic heterocycles. The Balaban J connectivity index is 2.10. The van der Waals surface area contributed by atoms with Gasteiger partial charge in [-0.25, -0.2) is 4.79 Å². The van der Waals surface area contributed by atoms with E-state index in [2.05, 4.69) is 0 Å². The Bertz CT molecular complexity index is 662. The first kappa shape index (κ1) is 16.3. The van der Waals surface area contributed by atoms with Crippen molar-refractivity contribution in [3.05, 3.63) is 23.3 Å². The molecule has 0 unspecified atom stereocenters. The van der Waals surface area contributed by atoms with Crippen molar-refractivity contribution < 1.29 is 23.6 Å². The molecule has 1 aromatic rings. The maximum Gasteiger partial charge on any atom is 0.498 e. The predicted molar refractivity (Wildman–Crippen MR) is 87.0 cm³/mol. The summed E-state index contributed by atoms with van der Waals surface area (Å²) in [4.78, 5) is 12.4. The van der Waals surface area contributed by atoms with Gasteiger partial charge in [0.05, 0.1) is 11.2 Å². The van der Waals surface area contributed by atoms with E-state index in [0.29, 0.717) is 16.8 Å². The zero-order valence-electron chi connectivity index (χ0n) is 14.8. The van der Waals surface area contributed by atoms with Crippen LogP contribution in [0.3, 0.4) is 0 Å². The van der Waals surface area contributed by atoms with Gasteiger partial charge in [-0.3, -0.25) is 0 Å². The van der Waals surface area contributed by atoms with Crippen molar-refractivity contribution >= 4 is 18.6 Å². The number of rotatable bonds is 1. The number of cyclic esters (lactones) is 1. The molecule has 23 heavy (non-hydrogen) atoms. The van der Waals surface area contributed by atoms with Gasteiger partial charge < -0.3 is 18.8 Å². The Morgan fingerprint density at radius 2 is 1.48 bits per heavy atom. The van der Waals surface area contributed by atoms with Crippen LogP contribution in [-0.4, -0.2) is 30.1 Å². The number of ether oxygens (including phenoxy) is 2. The highest BCUT2D eigenvalue weighted by Crippen LogP contribution is 2.39. The summed E-state index contributed by atoms with van der Waals surface area (Å²) in [5.74, 6) is -0.909. The number of carbonyl (C=O) groups is 1. The standard InChI is InChI=1S/C17H23BO5/c1-10-8-9-11(18-22-15(2,3)16(4,5)23-18)13-12(10)14(19)21-17(6,7)20-13/h8-9H,1-7H3. The molecule has 124 valence electrons. The first-order chi connectivity index (χ1) is 10.4. The number of hydrogen-bond acceptors (Lipinski definition) is 5. The molecule has 0 bridgehead atoms. The normalized spacial score (nSPS) is 24.0. The largest absolute Gasteiger partial charge is 0.498 e. The van der Waals surface area contributed by atoms with E-state index in [1.807, 2.05) is 46.8 Å². The molecule has 0 radical (unpaired) electrons. The number of fused-ring (bicyclic) bond motifs is 1. The lowest BCUT2D eigenvalue weighted by molar-refractivity contribution is -0.126. The predicted octanol–water partition coefficient (Wildman–Crippen LogP) is 2.58. The van der Waals surface area contributed by atoms with Gasteiger partial charge in [0, 0.05) is 19.3 Å². The summed E-state index contributed by atoms with van der Waals surface area (Å²) in [6.07, 6.45) is 0. The molecule has 1 saturated heterocycles. The topological polar surface area (TPSA) is 54.0 Å². The SMILES string of the molecule is Cc1ccc(B2OC(C)(C)C(C)(C)O2)c2c1C(=O)OC(C)(C)O2. The van der Waals surface area contributed by atoms with Gasteiger partial charge >= 0.3 is 13.1 Å². The second kappa shape index (κ2) is 4.74. The van der Waals surface area contributed by atoms with Crippen LogP contribution < -0.4 is 10.2 Å². The van der Waals surface area contributed by atoms with Crippen LogP contribution in [-0.2, 0) is 14.0 Å². The van der Waals surface area contributed by atoms with Crippen LogP contribution in [0.5, 0.6) is 5.75 Å². The fraction of sp³-hybridized carbons (Fsp3) is 0.588. The maximum absolute atomic E-state index is 12.4. The van der Waals surface area contributed by atoms with E-state index < -0.39 is 24.1 Å². The van der Waals surface area contributed by atoms with E-state index in [1.54, 1.807) is 13.8 Å². The quantitative estimate of drug-likeness (QED) is 0.588. The Morgan fingerprint density at radius 3 is 2.04 bits per heavy atom. The van der Waals surface area contributed by atoms with Crippen LogP contribution in [0.1, 0.15) is 57.5 Å². The highest BCUT2D eigenvalue weighted by atomic mass is 16.7. The Hall–Kier alpha value is -1.53. The van der Waals surface area contributed by atoms with Crippen LogP contribution >= 0.6 is 0 Å². The Morgan fingerprint density at radius 1 is 0.913 bits per heavy atom. The molecule has 0 N–H and O–H groups in total. The molecule has 0 amide bonds. The van der Waals surface area contributed by atoms with E-state index in [0.717, 1.165) is 5.56 Å². The Kier molecular flexibility index (Phi) is 3.37. The zero-order chi connectivity index (χ0) is 17.2. The fourth-order valence-corrected chi connectivity index (χ4v) is 2.76. The van der Waals surface area contributed by atoms with Gasteiger partial charge in [-0.2, -0.15) is 0 Å². The van der Waals surface area contributed by atoms with Gasteiger partial charge in [-0.05, 0) is 40.2 Å². The molecule has 2 heterocycles. The minimum atomic E-state index is -1.02. The van der Waals surface area contributed by atoms with Crippen LogP contribution in [0.25, 0.3) is 0 Å². The first-order valence-corrected chi connectivity index (χ1v) is 7.85. The molecule has 0 saturated carbocycles. The van der Waals surface area contributed by atoms with E-state index in [9.17, 15) is 4.79 Å². The molecule has 3 rings (SSSR count). The summed E-state index contributed by atoms with van der Waals surface area (Å²) < 4.78 is 23.5. The number of hydrogen-bond donors (Lipinski definition) is 0. The molecule has 1 aromatic carbocycles. The zero-order valence-corrected chi connectivity index (χ0v) is 14.8. The van der Waals surface area contributed by atoms with Crippen LogP contribution in [0.15, 0.2) is 12.1 Å². The van der Waals surface area contributed by atoms with Gasteiger partial charge in [0.2, 0.25) is 5.79 Å². The third-order valence-corrected chi connectivity index (χ3v) is 4.79. The minimum absolute atomic E-state index is 0.382. The molecule has 2 aliphatic heterocycles. The van der Waals surface area contributed by atoms with E-state index in [-0.39, 0.29) is 5.97 Å². The van der Waals surface area contributed by atoms with Crippen molar-refractivity contribution in [2.24, 2.45) is 0 Å². The molecule has 2 aliphatic rings. The Labute approximate surface area is 137 Å². The van der Waals surface area contributed by atoms with E-state index in [4.69, 9.17) is 18.8 Å².